The third-order valence-electron chi connectivity index (χ3n) is 7.99. The summed E-state index contributed by atoms with van der Waals surface area (Å²) in [6, 6.07) is 1.99. The van der Waals surface area contributed by atoms with Gasteiger partial charge in [0.1, 0.15) is 6.10 Å². The number of allylic oxidation sites excluding steroid dienone is 2. The van der Waals surface area contributed by atoms with E-state index >= 15 is 0 Å². The van der Waals surface area contributed by atoms with Gasteiger partial charge in [0.25, 0.3) is 0 Å². The fourth-order valence-corrected chi connectivity index (χ4v) is 6.00. The van der Waals surface area contributed by atoms with Crippen molar-refractivity contribution >= 4 is 11.9 Å². The maximum absolute atomic E-state index is 12.5. The molecule has 166 valence electrons. The molecule has 1 saturated carbocycles. The number of carbonyl (C=O) groups excluding carboxylic acids is 1. The zero-order valence-electron chi connectivity index (χ0n) is 18.9. The fraction of sp³-hybridized carbons (Fsp3) is 0.680. The molecule has 0 aliphatic heterocycles. The summed E-state index contributed by atoms with van der Waals surface area (Å²) in [5, 5.41) is 10.2. The second kappa shape index (κ2) is 8.60. The molecule has 2 aliphatic carbocycles. The number of carboxylic acids is 1. The molecule has 1 aromatic heterocycles. The number of aryl methyl sites for hydroxylation is 1. The topological polar surface area (TPSA) is 76.7 Å². The van der Waals surface area contributed by atoms with Gasteiger partial charge in [0.2, 0.25) is 0 Å². The molecule has 5 heteroatoms. The number of carbonyl (C=O) groups is 2. The molecule has 1 N–H and O–H groups in total. The van der Waals surface area contributed by atoms with Gasteiger partial charge in [-0.05, 0) is 74.8 Å². The van der Waals surface area contributed by atoms with E-state index in [1.54, 1.807) is 12.5 Å². The van der Waals surface area contributed by atoms with E-state index in [1.165, 1.54) is 5.57 Å². The van der Waals surface area contributed by atoms with Gasteiger partial charge in [0, 0.05) is 6.42 Å². The molecule has 5 nitrogen and oxygen atoms in total. The molecular weight excluding hydrogens is 380 g/mol. The lowest BCUT2D eigenvalue weighted by molar-refractivity contribution is -0.183. The van der Waals surface area contributed by atoms with Crippen LogP contribution in [0.15, 0.2) is 34.7 Å². The van der Waals surface area contributed by atoms with Gasteiger partial charge in [-0.15, -0.1) is 0 Å². The van der Waals surface area contributed by atoms with Gasteiger partial charge in [-0.1, -0.05) is 32.4 Å². The number of carboxylic acid groups (broad SMARTS) is 1. The number of aliphatic carboxylic acids is 1. The molecule has 6 unspecified atom stereocenters. The highest BCUT2D eigenvalue weighted by molar-refractivity contribution is 5.76. The molecule has 30 heavy (non-hydrogen) atoms. The third kappa shape index (κ3) is 4.08. The number of rotatable bonds is 7. The maximum Gasteiger partial charge on any atom is 0.309 e. The summed E-state index contributed by atoms with van der Waals surface area (Å²) >= 11 is 0. The minimum absolute atomic E-state index is 0.0131. The van der Waals surface area contributed by atoms with E-state index in [4.69, 9.17) is 9.15 Å². The molecule has 0 aromatic carbocycles. The van der Waals surface area contributed by atoms with Gasteiger partial charge in [0.05, 0.1) is 23.9 Å². The Morgan fingerprint density at radius 3 is 2.67 bits per heavy atom. The minimum Gasteiger partial charge on any atom is -0.481 e. The number of ether oxygens (including phenoxy) is 1. The Kier molecular flexibility index (Phi) is 6.49. The highest BCUT2D eigenvalue weighted by Gasteiger charge is 2.59. The lowest BCUT2D eigenvalue weighted by Gasteiger charge is -2.57. The maximum atomic E-state index is 12.5. The average Bonchev–Trinajstić information content (AvgIpc) is 3.19. The lowest BCUT2D eigenvalue weighted by atomic mass is 9.47. The van der Waals surface area contributed by atoms with E-state index < -0.39 is 11.4 Å². The molecule has 0 radical (unpaired) electrons. The number of furan rings is 1. The number of fused-ring (bicyclic) bond motifs is 1. The van der Waals surface area contributed by atoms with Crippen LogP contribution in [0.1, 0.15) is 72.3 Å². The van der Waals surface area contributed by atoms with Crippen LogP contribution in [0.25, 0.3) is 0 Å². The molecule has 1 fully saturated rings. The summed E-state index contributed by atoms with van der Waals surface area (Å²) in [5.74, 6) is -0.912. The molecule has 0 spiro atoms. The number of esters is 1. The van der Waals surface area contributed by atoms with Gasteiger partial charge in [-0.25, -0.2) is 0 Å². The monoisotopic (exact) mass is 416 g/mol. The lowest BCUT2D eigenvalue weighted by Crippen LogP contribution is -2.56. The second-order valence-electron chi connectivity index (χ2n) is 9.96. The van der Waals surface area contributed by atoms with Crippen molar-refractivity contribution in [3.05, 3.63) is 35.8 Å². The average molecular weight is 417 g/mol. The summed E-state index contributed by atoms with van der Waals surface area (Å²) in [6.45, 7) is 10.1. The summed E-state index contributed by atoms with van der Waals surface area (Å²) in [4.78, 5) is 25.0. The number of hydrogen-bond acceptors (Lipinski definition) is 4. The Bertz CT molecular complexity index is 794. The summed E-state index contributed by atoms with van der Waals surface area (Å²) in [6.07, 6.45) is 9.73. The predicted octanol–water partition coefficient (Wildman–Crippen LogP) is 5.64. The Hall–Kier alpha value is -2.04. The number of hydrogen-bond donors (Lipinski definition) is 1. The molecule has 3 rings (SSSR count). The minimum atomic E-state index is -0.918. The first-order valence-corrected chi connectivity index (χ1v) is 11.2. The van der Waals surface area contributed by atoms with Crippen LogP contribution in [0.4, 0.5) is 0 Å². The van der Waals surface area contributed by atoms with Crippen molar-refractivity contribution in [2.45, 2.75) is 79.2 Å². The van der Waals surface area contributed by atoms with Crippen LogP contribution in [0.2, 0.25) is 0 Å². The Labute approximate surface area is 179 Å². The highest BCUT2D eigenvalue weighted by atomic mass is 16.5. The van der Waals surface area contributed by atoms with Crippen molar-refractivity contribution in [1.29, 1.82) is 0 Å². The second-order valence-corrected chi connectivity index (χ2v) is 9.96. The Morgan fingerprint density at radius 1 is 1.33 bits per heavy atom. The standard InChI is InChI=1S/C25H36O5/c1-6-16(2)22(26)30-19-13-24(4)20(9-8-18-11-12-29-15-18)17(3)7-10-21(24)25(5,14-19)23(27)28/h7,11-12,15-16,19-21H,6,8-10,13-14H2,1-5H3,(H,27,28). The van der Waals surface area contributed by atoms with Gasteiger partial charge in [-0.3, -0.25) is 9.59 Å². The van der Waals surface area contributed by atoms with E-state index in [-0.39, 0.29) is 35.2 Å². The Morgan fingerprint density at radius 2 is 2.07 bits per heavy atom. The highest BCUT2D eigenvalue weighted by Crippen LogP contribution is 2.61. The first-order valence-electron chi connectivity index (χ1n) is 11.2. The molecular formula is C25H36O5. The van der Waals surface area contributed by atoms with Crippen LogP contribution < -0.4 is 0 Å². The molecule has 1 aromatic rings. The van der Waals surface area contributed by atoms with Crippen LogP contribution in [-0.4, -0.2) is 23.1 Å². The molecule has 6 atom stereocenters. The molecule has 0 amide bonds. The van der Waals surface area contributed by atoms with Crippen molar-refractivity contribution in [2.75, 3.05) is 0 Å². The molecule has 0 saturated heterocycles. The molecule has 1 heterocycles. The van der Waals surface area contributed by atoms with Crippen molar-refractivity contribution < 1.29 is 23.8 Å². The van der Waals surface area contributed by atoms with Gasteiger partial charge in [0.15, 0.2) is 0 Å². The smallest absolute Gasteiger partial charge is 0.309 e. The van der Waals surface area contributed by atoms with E-state index in [0.717, 1.165) is 31.2 Å². The largest absolute Gasteiger partial charge is 0.481 e. The quantitative estimate of drug-likeness (QED) is 0.459. The van der Waals surface area contributed by atoms with Gasteiger partial charge in [-0.2, -0.15) is 0 Å². The van der Waals surface area contributed by atoms with Crippen molar-refractivity contribution in [3.8, 4) is 0 Å². The third-order valence-corrected chi connectivity index (χ3v) is 7.99. The first kappa shape index (κ1) is 22.6. The van der Waals surface area contributed by atoms with Crippen LogP contribution in [-0.2, 0) is 20.7 Å². The summed E-state index contributed by atoms with van der Waals surface area (Å²) in [7, 11) is 0. The summed E-state index contributed by atoms with van der Waals surface area (Å²) in [5.41, 5.74) is 1.32. The van der Waals surface area contributed by atoms with Crippen molar-refractivity contribution in [2.24, 2.45) is 28.6 Å². The fourth-order valence-electron chi connectivity index (χ4n) is 6.00. The van der Waals surface area contributed by atoms with Crippen LogP contribution in [0.5, 0.6) is 0 Å². The van der Waals surface area contributed by atoms with Crippen molar-refractivity contribution in [3.63, 3.8) is 0 Å². The van der Waals surface area contributed by atoms with E-state index in [1.807, 2.05) is 26.8 Å². The Balaban J connectivity index is 1.91. The van der Waals surface area contributed by atoms with Crippen LogP contribution in [0, 0.1) is 28.6 Å². The molecule has 0 bridgehead atoms. The van der Waals surface area contributed by atoms with Crippen molar-refractivity contribution in [1.82, 2.24) is 0 Å². The van der Waals surface area contributed by atoms with Gasteiger partial charge >= 0.3 is 11.9 Å². The van der Waals surface area contributed by atoms with Gasteiger partial charge < -0.3 is 14.3 Å². The van der Waals surface area contributed by atoms with Crippen LogP contribution in [0.3, 0.4) is 0 Å². The normalized spacial score (nSPS) is 34.6. The SMILES string of the molecule is CCC(C)C(=O)OC1CC(C)(C(=O)O)C2CC=C(C)C(CCc3ccoc3)C2(C)C1. The molecule has 2 aliphatic rings. The zero-order chi connectivity index (χ0) is 22.1. The summed E-state index contributed by atoms with van der Waals surface area (Å²) < 4.78 is 11.1. The van der Waals surface area contributed by atoms with Crippen LogP contribution >= 0.6 is 0 Å². The predicted molar refractivity (Wildman–Crippen MR) is 115 cm³/mol. The zero-order valence-corrected chi connectivity index (χ0v) is 18.9. The van der Waals surface area contributed by atoms with E-state index in [2.05, 4.69) is 19.9 Å². The van der Waals surface area contributed by atoms with E-state index in [9.17, 15) is 14.7 Å². The van der Waals surface area contributed by atoms with E-state index in [0.29, 0.717) is 12.8 Å². The first-order chi connectivity index (χ1) is 14.1.